The molecule has 0 aliphatic carbocycles. The third kappa shape index (κ3) is 3.29. The van der Waals surface area contributed by atoms with Crippen LogP contribution in [-0.4, -0.2) is 60.2 Å². The molecule has 1 N–H and O–H groups in total. The number of methoxy groups -OCH3 is 1. The van der Waals surface area contributed by atoms with Gasteiger partial charge in [-0.2, -0.15) is 0 Å². The van der Waals surface area contributed by atoms with Crippen molar-refractivity contribution in [1.29, 1.82) is 0 Å². The molecule has 1 fully saturated rings. The minimum Gasteiger partial charge on any atom is -0.383 e. The van der Waals surface area contributed by atoms with E-state index in [9.17, 15) is 0 Å². The first kappa shape index (κ1) is 14.6. The van der Waals surface area contributed by atoms with Crippen molar-refractivity contribution >= 4 is 11.3 Å². The molecule has 0 unspecified atom stereocenters. The number of aromatic nitrogens is 4. The van der Waals surface area contributed by atoms with Gasteiger partial charge in [-0.1, -0.05) is 6.07 Å². The van der Waals surface area contributed by atoms with E-state index in [-0.39, 0.29) is 6.04 Å². The van der Waals surface area contributed by atoms with Crippen LogP contribution in [0.25, 0.3) is 0 Å². The van der Waals surface area contributed by atoms with Crippen LogP contribution in [0, 0.1) is 0 Å². The van der Waals surface area contributed by atoms with Crippen molar-refractivity contribution < 1.29 is 14.4 Å². The Labute approximate surface area is 127 Å². The van der Waals surface area contributed by atoms with Gasteiger partial charge in [0.25, 0.3) is 0 Å². The number of hydrogen-bond acceptors (Lipinski definition) is 6. The normalized spacial score (nSPS) is 18.0. The Morgan fingerprint density at radius 2 is 2.33 bits per heavy atom. The van der Waals surface area contributed by atoms with E-state index in [2.05, 4.69) is 33.0 Å². The molecule has 1 saturated heterocycles. The maximum atomic E-state index is 5.48. The first-order valence-electron chi connectivity index (χ1n) is 7.11. The fraction of sp³-hybridized carbons (Fsp3) is 0.615. The van der Waals surface area contributed by atoms with E-state index in [1.54, 1.807) is 18.4 Å². The van der Waals surface area contributed by atoms with Gasteiger partial charge in [-0.3, -0.25) is 0 Å². The van der Waals surface area contributed by atoms with Crippen molar-refractivity contribution in [1.82, 2.24) is 20.2 Å². The van der Waals surface area contributed by atoms with Crippen molar-refractivity contribution in [3.8, 4) is 0 Å². The second-order valence-corrected chi connectivity index (χ2v) is 5.95. The number of quaternary nitrogens is 1. The predicted octanol–water partition coefficient (Wildman–Crippen LogP) is -0.614. The summed E-state index contributed by atoms with van der Waals surface area (Å²) in [5.41, 5.74) is 0. The molecule has 0 aromatic carbocycles. The molecule has 0 amide bonds. The summed E-state index contributed by atoms with van der Waals surface area (Å²) < 4.78 is 12.5. The molecule has 0 bridgehead atoms. The molecule has 1 aliphatic rings. The van der Waals surface area contributed by atoms with Crippen LogP contribution < -0.4 is 4.90 Å². The monoisotopic (exact) mass is 310 g/mol. The summed E-state index contributed by atoms with van der Waals surface area (Å²) in [4.78, 5) is 2.75. The Morgan fingerprint density at radius 1 is 1.48 bits per heavy atom. The van der Waals surface area contributed by atoms with Gasteiger partial charge in [0.15, 0.2) is 6.04 Å². The summed E-state index contributed by atoms with van der Waals surface area (Å²) in [5, 5.41) is 14.4. The lowest BCUT2D eigenvalue weighted by Gasteiger charge is -2.30. The van der Waals surface area contributed by atoms with Crippen molar-refractivity contribution in [2.75, 3.05) is 40.0 Å². The quantitative estimate of drug-likeness (QED) is 0.771. The number of tetrazole rings is 1. The molecule has 3 heterocycles. The van der Waals surface area contributed by atoms with Gasteiger partial charge in [0, 0.05) is 7.11 Å². The summed E-state index contributed by atoms with van der Waals surface area (Å²) in [6, 6.07) is 4.41. The largest absolute Gasteiger partial charge is 0.383 e. The Morgan fingerprint density at radius 3 is 3.05 bits per heavy atom. The fourth-order valence-electron chi connectivity index (χ4n) is 2.64. The average Bonchev–Trinajstić information content (AvgIpc) is 3.19. The van der Waals surface area contributed by atoms with Crippen molar-refractivity contribution in [3.63, 3.8) is 0 Å². The van der Waals surface area contributed by atoms with Crippen LogP contribution in [0.3, 0.4) is 0 Å². The van der Waals surface area contributed by atoms with Crippen LogP contribution in [0.2, 0.25) is 0 Å². The van der Waals surface area contributed by atoms with Crippen LogP contribution in [0.5, 0.6) is 0 Å². The van der Waals surface area contributed by atoms with Gasteiger partial charge >= 0.3 is 0 Å². The van der Waals surface area contributed by atoms with Crippen LogP contribution in [0.15, 0.2) is 17.5 Å². The van der Waals surface area contributed by atoms with Crippen LogP contribution >= 0.6 is 11.3 Å². The molecule has 114 valence electrons. The molecule has 1 aliphatic heterocycles. The van der Waals surface area contributed by atoms with Gasteiger partial charge in [-0.15, -0.1) is 16.4 Å². The Bertz CT molecular complexity index is 539. The van der Waals surface area contributed by atoms with E-state index < -0.39 is 0 Å². The number of rotatable bonds is 6. The predicted molar refractivity (Wildman–Crippen MR) is 77.4 cm³/mol. The number of hydrogen-bond donors (Lipinski definition) is 1. The zero-order valence-electron chi connectivity index (χ0n) is 12.1. The van der Waals surface area contributed by atoms with E-state index in [1.807, 2.05) is 4.68 Å². The van der Waals surface area contributed by atoms with Crippen LogP contribution in [-0.2, 0) is 16.0 Å². The SMILES string of the molecule is COCCn1nnnc1[C@H](c1cccs1)[NH+]1CCOCC1. The topological polar surface area (TPSA) is 66.5 Å². The zero-order chi connectivity index (χ0) is 14.5. The smallest absolute Gasteiger partial charge is 0.215 e. The third-order valence-corrected chi connectivity index (χ3v) is 4.63. The number of morpholine rings is 1. The van der Waals surface area contributed by atoms with Gasteiger partial charge in [0.1, 0.15) is 13.1 Å². The van der Waals surface area contributed by atoms with E-state index in [0.717, 1.165) is 32.1 Å². The molecule has 2 aromatic heterocycles. The highest BCUT2D eigenvalue weighted by atomic mass is 32.1. The van der Waals surface area contributed by atoms with Crippen LogP contribution in [0.4, 0.5) is 0 Å². The number of thiophene rings is 1. The first-order chi connectivity index (χ1) is 10.4. The summed E-state index contributed by atoms with van der Waals surface area (Å²) >= 11 is 1.75. The lowest BCUT2D eigenvalue weighted by molar-refractivity contribution is -0.933. The fourth-order valence-corrected chi connectivity index (χ4v) is 3.52. The molecule has 21 heavy (non-hydrogen) atoms. The van der Waals surface area contributed by atoms with Crippen molar-refractivity contribution in [3.05, 3.63) is 28.2 Å². The number of nitrogens with one attached hydrogen (secondary N) is 1. The number of ether oxygens (including phenoxy) is 2. The standard InChI is InChI=1S/C13H19N5O2S/c1-19-7-6-18-13(14-15-16-18)12(11-3-2-10-21-11)17-4-8-20-9-5-17/h2-3,10,12H,4-9H2,1H3/p+1/t12-/m0/s1. The Balaban J connectivity index is 1.89. The highest BCUT2D eigenvalue weighted by molar-refractivity contribution is 7.10. The van der Waals surface area contributed by atoms with E-state index in [4.69, 9.17) is 9.47 Å². The van der Waals surface area contributed by atoms with Crippen molar-refractivity contribution in [2.45, 2.75) is 12.6 Å². The van der Waals surface area contributed by atoms with Gasteiger partial charge in [-0.25, -0.2) is 4.68 Å². The summed E-state index contributed by atoms with van der Waals surface area (Å²) in [6.07, 6.45) is 0. The molecule has 0 radical (unpaired) electrons. The molecule has 2 aromatic rings. The molecular weight excluding hydrogens is 290 g/mol. The summed E-state index contributed by atoms with van der Waals surface area (Å²) in [6.45, 7) is 4.80. The summed E-state index contributed by atoms with van der Waals surface area (Å²) in [7, 11) is 1.69. The maximum Gasteiger partial charge on any atom is 0.215 e. The second-order valence-electron chi connectivity index (χ2n) is 4.97. The zero-order valence-corrected chi connectivity index (χ0v) is 12.9. The molecule has 0 spiro atoms. The summed E-state index contributed by atoms with van der Waals surface area (Å²) in [5.74, 6) is 0.909. The highest BCUT2D eigenvalue weighted by Gasteiger charge is 2.33. The molecule has 7 nitrogen and oxygen atoms in total. The highest BCUT2D eigenvalue weighted by Crippen LogP contribution is 2.22. The molecule has 1 atom stereocenters. The number of nitrogens with zero attached hydrogens (tertiary/aromatic N) is 4. The van der Waals surface area contributed by atoms with Crippen molar-refractivity contribution in [2.24, 2.45) is 0 Å². The lowest BCUT2D eigenvalue weighted by atomic mass is 10.1. The van der Waals surface area contributed by atoms with E-state index in [0.29, 0.717) is 13.2 Å². The molecule has 3 rings (SSSR count). The minimum atomic E-state index is 0.167. The first-order valence-corrected chi connectivity index (χ1v) is 7.99. The Hall–Kier alpha value is -1.35. The average molecular weight is 310 g/mol. The van der Waals surface area contributed by atoms with E-state index in [1.165, 1.54) is 9.78 Å². The van der Waals surface area contributed by atoms with Gasteiger partial charge < -0.3 is 14.4 Å². The molecule has 8 heteroatoms. The van der Waals surface area contributed by atoms with Crippen LogP contribution in [0.1, 0.15) is 16.7 Å². The molecule has 0 saturated carbocycles. The lowest BCUT2D eigenvalue weighted by Crippen LogP contribution is -3.14. The van der Waals surface area contributed by atoms with E-state index >= 15 is 0 Å². The van der Waals surface area contributed by atoms with Gasteiger partial charge in [0.05, 0.1) is 31.2 Å². The third-order valence-electron chi connectivity index (χ3n) is 3.70. The minimum absolute atomic E-state index is 0.167. The maximum absolute atomic E-state index is 5.48. The second kappa shape index (κ2) is 7.08. The molecular formula is C13H20N5O2S+. The van der Waals surface area contributed by atoms with Gasteiger partial charge in [0.2, 0.25) is 5.82 Å². The Kier molecular flexibility index (Phi) is 4.91. The van der Waals surface area contributed by atoms with Gasteiger partial charge in [-0.05, 0) is 21.9 Å².